The molecule has 0 amide bonds. The Morgan fingerprint density at radius 3 is 2.90 bits per heavy atom. The van der Waals surface area contributed by atoms with Gasteiger partial charge in [0.05, 0.1) is 11.9 Å². The summed E-state index contributed by atoms with van der Waals surface area (Å²) < 4.78 is 25.8. The second kappa shape index (κ2) is 8.00. The van der Waals surface area contributed by atoms with Gasteiger partial charge in [-0.15, -0.1) is 0 Å². The van der Waals surface area contributed by atoms with E-state index in [4.69, 9.17) is 0 Å². The Morgan fingerprint density at radius 2 is 2.07 bits per heavy atom. The summed E-state index contributed by atoms with van der Waals surface area (Å²) in [6.07, 6.45) is 5.97. The van der Waals surface area contributed by atoms with Crippen LogP contribution in [-0.2, 0) is 16.6 Å². The highest BCUT2D eigenvalue weighted by Crippen LogP contribution is 2.26. The van der Waals surface area contributed by atoms with E-state index in [-0.39, 0.29) is 2.85 Å². The molecule has 1 atom stereocenters. The van der Waals surface area contributed by atoms with Crippen molar-refractivity contribution in [2.24, 2.45) is 0 Å². The topological polar surface area (TPSA) is 74.3 Å². The molecule has 2 heterocycles. The van der Waals surface area contributed by atoms with Crippen molar-refractivity contribution in [1.29, 1.82) is 0 Å². The maximum atomic E-state index is 11.6. The van der Waals surface area contributed by atoms with Crippen molar-refractivity contribution in [2.45, 2.75) is 25.9 Å². The van der Waals surface area contributed by atoms with Gasteiger partial charge in [0.25, 0.3) is 0 Å². The fourth-order valence-electron chi connectivity index (χ4n) is 3.90. The van der Waals surface area contributed by atoms with Crippen LogP contribution in [-0.4, -0.2) is 43.7 Å². The van der Waals surface area contributed by atoms with Crippen LogP contribution >= 0.6 is 0 Å². The van der Waals surface area contributed by atoms with Crippen LogP contribution in [0, 0.1) is 6.92 Å². The second-order valence-electron chi connectivity index (χ2n) is 7.79. The summed E-state index contributed by atoms with van der Waals surface area (Å²) in [7, 11) is -3.28. The summed E-state index contributed by atoms with van der Waals surface area (Å²) in [4.78, 5) is 6.60. The molecule has 1 saturated heterocycles. The van der Waals surface area contributed by atoms with Gasteiger partial charge >= 0.3 is 0 Å². The first-order valence-electron chi connectivity index (χ1n) is 9.76. The molecular weight excluding hydrogens is 384 g/mol. The van der Waals surface area contributed by atoms with Crippen molar-refractivity contribution in [3.05, 3.63) is 66.0 Å². The highest BCUT2D eigenvalue weighted by Gasteiger charge is 2.23. The Kier molecular flexibility index (Phi) is 5.43. The van der Waals surface area contributed by atoms with Crippen molar-refractivity contribution in [1.82, 2.24) is 9.88 Å². The number of anilines is 2. The zero-order valence-corrected chi connectivity index (χ0v) is 17.5. The zero-order chi connectivity index (χ0) is 20.4. The van der Waals surface area contributed by atoms with Gasteiger partial charge in [-0.25, -0.2) is 8.42 Å². The highest BCUT2D eigenvalue weighted by atomic mass is 32.2. The molecule has 1 aromatic heterocycles. The lowest BCUT2D eigenvalue weighted by Gasteiger charge is -2.19. The van der Waals surface area contributed by atoms with Gasteiger partial charge in [-0.1, -0.05) is 24.3 Å². The molecule has 1 aliphatic rings. The second-order valence-corrected chi connectivity index (χ2v) is 9.54. The zero-order valence-electron chi connectivity index (χ0n) is 16.7. The van der Waals surface area contributed by atoms with Crippen molar-refractivity contribution in [3.8, 4) is 0 Å². The Morgan fingerprint density at radius 1 is 1.21 bits per heavy atom. The van der Waals surface area contributed by atoms with Crippen LogP contribution in [0.3, 0.4) is 0 Å². The largest absolute Gasteiger partial charge is 0.380 e. The maximum Gasteiger partial charge on any atom is 0.229 e. The number of aromatic nitrogens is 1. The van der Waals surface area contributed by atoms with E-state index in [2.05, 4.69) is 44.2 Å². The third-order valence-electron chi connectivity index (χ3n) is 5.32. The number of sulfonamides is 1. The van der Waals surface area contributed by atoms with E-state index in [1.165, 1.54) is 11.6 Å². The number of rotatable bonds is 6. The minimum atomic E-state index is -3.28. The summed E-state index contributed by atoms with van der Waals surface area (Å²) in [6, 6.07) is 14.7. The Hall–Kier alpha value is -2.64. The number of benzene rings is 2. The van der Waals surface area contributed by atoms with E-state index in [0.717, 1.165) is 48.3 Å². The standard InChI is InChI=1S/C22H26N4O2S.2H2/c1-16-6-7-17(12-22(16)25-29(2,27)28)14-26-11-9-19(15-26)24-21-5-3-4-18-13-23-10-8-20(18)21;;/h3-8,10,12-13,19,24-25H,9,11,14-15H2,1-2H3;2*1H/t19-;;/m1../s1. The Bertz CT molecular complexity index is 1140. The van der Waals surface area contributed by atoms with Gasteiger partial charge in [0, 0.05) is 57.4 Å². The van der Waals surface area contributed by atoms with E-state index in [1.807, 2.05) is 37.5 Å². The fraction of sp³-hybridized carbons (Fsp3) is 0.318. The monoisotopic (exact) mass is 414 g/mol. The molecule has 3 aromatic rings. The maximum absolute atomic E-state index is 11.6. The summed E-state index contributed by atoms with van der Waals surface area (Å²) in [5.41, 5.74) is 3.83. The third-order valence-corrected chi connectivity index (χ3v) is 5.91. The predicted octanol–water partition coefficient (Wildman–Crippen LogP) is 4.09. The molecule has 0 unspecified atom stereocenters. The summed E-state index contributed by atoms with van der Waals surface area (Å²) in [5.74, 6) is 0. The van der Waals surface area contributed by atoms with Crippen molar-refractivity contribution in [2.75, 3.05) is 29.4 Å². The molecule has 0 bridgehead atoms. The molecule has 6 nitrogen and oxygen atoms in total. The Labute approximate surface area is 175 Å². The van der Waals surface area contributed by atoms with Crippen LogP contribution < -0.4 is 10.0 Å². The average Bonchev–Trinajstić information content (AvgIpc) is 3.10. The van der Waals surface area contributed by atoms with E-state index >= 15 is 0 Å². The summed E-state index contributed by atoms with van der Waals surface area (Å²) in [6.45, 7) is 4.67. The number of hydrogen-bond donors (Lipinski definition) is 2. The molecule has 0 aliphatic carbocycles. The molecule has 1 fully saturated rings. The SMILES string of the molecule is Cc1ccc(CN2CC[C@@H](Nc3cccc4cnccc34)C2)cc1NS(C)(=O)=O.[HH].[HH]. The molecule has 29 heavy (non-hydrogen) atoms. The van der Waals surface area contributed by atoms with Crippen LogP contribution in [0.25, 0.3) is 10.8 Å². The molecule has 156 valence electrons. The van der Waals surface area contributed by atoms with Crippen LogP contribution in [0.5, 0.6) is 0 Å². The van der Waals surface area contributed by atoms with Crippen molar-refractivity contribution < 1.29 is 11.3 Å². The summed E-state index contributed by atoms with van der Waals surface area (Å²) in [5, 5.41) is 6.02. The quantitative estimate of drug-likeness (QED) is 0.635. The molecule has 0 spiro atoms. The minimum Gasteiger partial charge on any atom is -0.380 e. The van der Waals surface area contributed by atoms with E-state index in [1.54, 1.807) is 0 Å². The van der Waals surface area contributed by atoms with Crippen molar-refractivity contribution >= 4 is 32.2 Å². The van der Waals surface area contributed by atoms with Crippen LogP contribution in [0.15, 0.2) is 54.9 Å². The molecule has 2 N–H and O–H groups in total. The third kappa shape index (κ3) is 4.86. The smallest absolute Gasteiger partial charge is 0.229 e. The average molecular weight is 415 g/mol. The molecular formula is C22H30N4O2S. The van der Waals surface area contributed by atoms with Crippen LogP contribution in [0.4, 0.5) is 11.4 Å². The van der Waals surface area contributed by atoms with E-state index in [9.17, 15) is 8.42 Å². The van der Waals surface area contributed by atoms with Gasteiger partial charge in [0.2, 0.25) is 10.0 Å². The first-order chi connectivity index (χ1) is 13.9. The first kappa shape index (κ1) is 19.7. The Balaban J connectivity index is 0.00000171. The van der Waals surface area contributed by atoms with Crippen molar-refractivity contribution in [3.63, 3.8) is 0 Å². The lowest BCUT2D eigenvalue weighted by molar-refractivity contribution is 0.329. The number of nitrogens with one attached hydrogen (secondary N) is 2. The molecule has 0 saturated carbocycles. The number of fused-ring (bicyclic) bond motifs is 1. The normalized spacial score (nSPS) is 17.5. The van der Waals surface area contributed by atoms with Crippen LogP contribution in [0.1, 0.15) is 20.4 Å². The van der Waals surface area contributed by atoms with Gasteiger partial charge in [0.1, 0.15) is 0 Å². The van der Waals surface area contributed by atoms with E-state index < -0.39 is 10.0 Å². The highest BCUT2D eigenvalue weighted by molar-refractivity contribution is 7.92. The molecule has 0 radical (unpaired) electrons. The van der Waals surface area contributed by atoms with Gasteiger partial charge in [0.15, 0.2) is 0 Å². The van der Waals surface area contributed by atoms with Gasteiger partial charge in [-0.05, 0) is 42.7 Å². The number of likely N-dealkylation sites (tertiary alicyclic amines) is 1. The van der Waals surface area contributed by atoms with Gasteiger partial charge < -0.3 is 5.32 Å². The van der Waals surface area contributed by atoms with Gasteiger partial charge in [-0.3, -0.25) is 14.6 Å². The molecule has 2 aromatic carbocycles. The first-order valence-corrected chi connectivity index (χ1v) is 11.7. The molecule has 4 rings (SSSR count). The minimum absolute atomic E-state index is 0. The van der Waals surface area contributed by atoms with E-state index in [0.29, 0.717) is 11.7 Å². The van der Waals surface area contributed by atoms with Crippen LogP contribution in [0.2, 0.25) is 0 Å². The number of pyridine rings is 1. The van der Waals surface area contributed by atoms with Gasteiger partial charge in [-0.2, -0.15) is 0 Å². The number of hydrogen-bond acceptors (Lipinski definition) is 5. The lowest BCUT2D eigenvalue weighted by atomic mass is 10.1. The summed E-state index contributed by atoms with van der Waals surface area (Å²) >= 11 is 0. The fourth-order valence-corrected chi connectivity index (χ4v) is 4.52. The lowest BCUT2D eigenvalue weighted by Crippen LogP contribution is -2.26. The molecule has 7 heteroatoms. The number of aryl methyl sites for hydroxylation is 1. The predicted molar refractivity (Wildman–Crippen MR) is 123 cm³/mol. The molecule has 1 aliphatic heterocycles. The number of nitrogens with zero attached hydrogens (tertiary/aromatic N) is 2.